The van der Waals surface area contributed by atoms with Crippen molar-refractivity contribution in [2.24, 2.45) is 11.3 Å². The molecule has 1 unspecified atom stereocenters. The summed E-state index contributed by atoms with van der Waals surface area (Å²) in [4.78, 5) is 0. The third-order valence-electron chi connectivity index (χ3n) is 2.03. The summed E-state index contributed by atoms with van der Waals surface area (Å²) < 4.78 is 10.3. The Kier molecular flexibility index (Phi) is 6.35. The summed E-state index contributed by atoms with van der Waals surface area (Å²) in [5, 5.41) is 0. The van der Waals surface area contributed by atoms with E-state index in [0.29, 0.717) is 11.3 Å². The zero-order chi connectivity index (χ0) is 10.3. The molecule has 0 fully saturated rings. The van der Waals surface area contributed by atoms with E-state index in [1.54, 1.807) is 14.2 Å². The fraction of sp³-hybridized carbons (Fsp3) is 1.00. The Morgan fingerprint density at radius 3 is 2.08 bits per heavy atom. The number of methoxy groups -OCH3 is 2. The van der Waals surface area contributed by atoms with Crippen molar-refractivity contribution >= 4 is 0 Å². The Morgan fingerprint density at radius 1 is 1.08 bits per heavy atom. The summed E-state index contributed by atoms with van der Waals surface area (Å²) in [6, 6.07) is 0. The summed E-state index contributed by atoms with van der Waals surface area (Å²) in [6.07, 6.45) is 2.30. The number of hydrogen-bond acceptors (Lipinski definition) is 2. The SMILES string of the molecule is COCCC(COC)CC(C)(C)C. The molecule has 0 aliphatic carbocycles. The van der Waals surface area contributed by atoms with E-state index in [0.717, 1.165) is 19.6 Å². The zero-order valence-corrected chi connectivity index (χ0v) is 9.72. The Morgan fingerprint density at radius 2 is 1.69 bits per heavy atom. The number of rotatable bonds is 6. The number of ether oxygens (including phenoxy) is 2. The fourth-order valence-electron chi connectivity index (χ4n) is 1.63. The van der Waals surface area contributed by atoms with Crippen molar-refractivity contribution < 1.29 is 9.47 Å². The summed E-state index contributed by atoms with van der Waals surface area (Å²) in [6.45, 7) is 8.48. The Hall–Kier alpha value is -0.0800. The minimum atomic E-state index is 0.386. The van der Waals surface area contributed by atoms with Crippen LogP contribution in [0.4, 0.5) is 0 Å². The highest BCUT2D eigenvalue weighted by Crippen LogP contribution is 2.26. The van der Waals surface area contributed by atoms with Gasteiger partial charge in [0.1, 0.15) is 0 Å². The van der Waals surface area contributed by atoms with Crippen molar-refractivity contribution in [2.45, 2.75) is 33.6 Å². The molecular weight excluding hydrogens is 164 g/mol. The second kappa shape index (κ2) is 6.39. The van der Waals surface area contributed by atoms with Crippen molar-refractivity contribution in [1.82, 2.24) is 0 Å². The van der Waals surface area contributed by atoms with E-state index in [1.165, 1.54) is 6.42 Å². The van der Waals surface area contributed by atoms with Crippen LogP contribution in [0, 0.1) is 11.3 Å². The van der Waals surface area contributed by atoms with Crippen LogP contribution in [0.5, 0.6) is 0 Å². The van der Waals surface area contributed by atoms with E-state index in [9.17, 15) is 0 Å². The predicted molar refractivity (Wildman–Crippen MR) is 55.9 cm³/mol. The van der Waals surface area contributed by atoms with Crippen LogP contribution in [0.2, 0.25) is 0 Å². The normalized spacial score (nSPS) is 14.5. The summed E-state index contributed by atoms with van der Waals surface area (Å²) in [7, 11) is 3.52. The van der Waals surface area contributed by atoms with Gasteiger partial charge in [-0.3, -0.25) is 0 Å². The Bertz CT molecular complexity index is 116. The van der Waals surface area contributed by atoms with Crippen LogP contribution < -0.4 is 0 Å². The summed E-state index contributed by atoms with van der Waals surface area (Å²) in [5.74, 6) is 0.630. The van der Waals surface area contributed by atoms with Gasteiger partial charge in [0.25, 0.3) is 0 Å². The van der Waals surface area contributed by atoms with Gasteiger partial charge in [0, 0.05) is 27.4 Å². The molecule has 13 heavy (non-hydrogen) atoms. The molecular formula is C11H24O2. The van der Waals surface area contributed by atoms with Crippen LogP contribution in [-0.4, -0.2) is 27.4 Å². The van der Waals surface area contributed by atoms with Crippen molar-refractivity contribution in [3.05, 3.63) is 0 Å². The first-order valence-electron chi connectivity index (χ1n) is 4.97. The minimum absolute atomic E-state index is 0.386. The first-order chi connectivity index (χ1) is 5.99. The lowest BCUT2D eigenvalue weighted by molar-refractivity contribution is 0.0958. The Labute approximate surface area is 82.6 Å². The Balaban J connectivity index is 3.79. The van der Waals surface area contributed by atoms with Crippen molar-refractivity contribution in [3.8, 4) is 0 Å². The molecule has 0 saturated heterocycles. The highest BCUT2D eigenvalue weighted by Gasteiger charge is 2.18. The first kappa shape index (κ1) is 12.9. The van der Waals surface area contributed by atoms with Gasteiger partial charge in [-0.05, 0) is 24.2 Å². The van der Waals surface area contributed by atoms with Gasteiger partial charge in [0.05, 0.1) is 0 Å². The standard InChI is InChI=1S/C11H24O2/c1-11(2,3)8-10(9-13-5)6-7-12-4/h10H,6-9H2,1-5H3. The number of hydrogen-bond donors (Lipinski definition) is 0. The molecule has 0 saturated carbocycles. The third kappa shape index (κ3) is 8.26. The zero-order valence-electron chi connectivity index (χ0n) is 9.72. The maximum Gasteiger partial charge on any atom is 0.0491 e. The second-order valence-electron chi connectivity index (χ2n) is 4.87. The van der Waals surface area contributed by atoms with Gasteiger partial charge in [-0.1, -0.05) is 20.8 Å². The van der Waals surface area contributed by atoms with Crippen LogP contribution in [-0.2, 0) is 9.47 Å². The minimum Gasteiger partial charge on any atom is -0.385 e. The summed E-state index contributed by atoms with van der Waals surface area (Å²) >= 11 is 0. The maximum absolute atomic E-state index is 5.19. The van der Waals surface area contributed by atoms with Gasteiger partial charge in [-0.25, -0.2) is 0 Å². The van der Waals surface area contributed by atoms with Gasteiger partial charge in [-0.2, -0.15) is 0 Å². The van der Waals surface area contributed by atoms with Gasteiger partial charge in [0.15, 0.2) is 0 Å². The van der Waals surface area contributed by atoms with Gasteiger partial charge < -0.3 is 9.47 Å². The molecule has 0 aliphatic heterocycles. The fourth-order valence-corrected chi connectivity index (χ4v) is 1.63. The van der Waals surface area contributed by atoms with Crippen molar-refractivity contribution in [3.63, 3.8) is 0 Å². The molecule has 2 nitrogen and oxygen atoms in total. The van der Waals surface area contributed by atoms with E-state index < -0.39 is 0 Å². The largest absolute Gasteiger partial charge is 0.385 e. The van der Waals surface area contributed by atoms with Crippen LogP contribution in [0.15, 0.2) is 0 Å². The third-order valence-corrected chi connectivity index (χ3v) is 2.03. The topological polar surface area (TPSA) is 18.5 Å². The van der Waals surface area contributed by atoms with E-state index in [2.05, 4.69) is 20.8 Å². The van der Waals surface area contributed by atoms with Crippen LogP contribution in [0.1, 0.15) is 33.6 Å². The molecule has 0 N–H and O–H groups in total. The molecule has 0 heterocycles. The molecule has 0 radical (unpaired) electrons. The average molecular weight is 188 g/mol. The lowest BCUT2D eigenvalue weighted by atomic mass is 9.84. The molecule has 1 atom stereocenters. The molecule has 0 amide bonds. The average Bonchev–Trinajstić information content (AvgIpc) is 1.98. The molecule has 0 rings (SSSR count). The van der Waals surface area contributed by atoms with E-state index >= 15 is 0 Å². The molecule has 0 aromatic carbocycles. The highest BCUT2D eigenvalue weighted by atomic mass is 16.5. The molecule has 0 bridgehead atoms. The first-order valence-corrected chi connectivity index (χ1v) is 4.97. The van der Waals surface area contributed by atoms with Crippen molar-refractivity contribution in [1.29, 1.82) is 0 Å². The predicted octanol–water partition coefficient (Wildman–Crippen LogP) is 2.72. The molecule has 80 valence electrons. The molecule has 0 aromatic rings. The smallest absolute Gasteiger partial charge is 0.0491 e. The van der Waals surface area contributed by atoms with Gasteiger partial charge in [-0.15, -0.1) is 0 Å². The van der Waals surface area contributed by atoms with E-state index in [1.807, 2.05) is 0 Å². The van der Waals surface area contributed by atoms with E-state index in [-0.39, 0.29) is 0 Å². The summed E-state index contributed by atoms with van der Waals surface area (Å²) in [5.41, 5.74) is 0.386. The molecule has 0 spiro atoms. The molecule has 0 aliphatic rings. The van der Waals surface area contributed by atoms with Gasteiger partial charge in [0.2, 0.25) is 0 Å². The molecule has 0 aromatic heterocycles. The highest BCUT2D eigenvalue weighted by molar-refractivity contribution is 4.69. The quantitative estimate of drug-likeness (QED) is 0.638. The maximum atomic E-state index is 5.19. The van der Waals surface area contributed by atoms with Crippen LogP contribution >= 0.6 is 0 Å². The van der Waals surface area contributed by atoms with Crippen LogP contribution in [0.3, 0.4) is 0 Å². The van der Waals surface area contributed by atoms with Crippen molar-refractivity contribution in [2.75, 3.05) is 27.4 Å². The lowest BCUT2D eigenvalue weighted by Crippen LogP contribution is -2.18. The molecule has 2 heteroatoms. The van der Waals surface area contributed by atoms with Gasteiger partial charge >= 0.3 is 0 Å². The van der Waals surface area contributed by atoms with Crippen LogP contribution in [0.25, 0.3) is 0 Å². The second-order valence-corrected chi connectivity index (χ2v) is 4.87. The lowest BCUT2D eigenvalue weighted by Gasteiger charge is -2.25. The van der Waals surface area contributed by atoms with E-state index in [4.69, 9.17) is 9.47 Å². The monoisotopic (exact) mass is 188 g/mol.